The van der Waals surface area contributed by atoms with Crippen molar-refractivity contribution < 1.29 is 9.59 Å². The Kier molecular flexibility index (Phi) is 4.19. The molecule has 3 atom stereocenters. The molecular formula is C16H20N2O2S. The van der Waals surface area contributed by atoms with Crippen molar-refractivity contribution in [3.05, 3.63) is 35.9 Å². The van der Waals surface area contributed by atoms with Gasteiger partial charge in [-0.1, -0.05) is 36.8 Å². The first kappa shape index (κ1) is 14.4. The maximum atomic E-state index is 12.5. The van der Waals surface area contributed by atoms with Crippen molar-refractivity contribution in [3.63, 3.8) is 0 Å². The van der Waals surface area contributed by atoms with Gasteiger partial charge in [0.1, 0.15) is 6.04 Å². The number of carbonyl (C=O) groups is 2. The number of carbonyl (C=O) groups excluding carboxylic acids is 2. The summed E-state index contributed by atoms with van der Waals surface area (Å²) in [7, 11) is 0. The Morgan fingerprint density at radius 3 is 2.67 bits per heavy atom. The third kappa shape index (κ3) is 2.67. The number of thioether (sulfide) groups is 1. The van der Waals surface area contributed by atoms with Crippen LogP contribution in [0.3, 0.4) is 0 Å². The molecule has 1 aromatic carbocycles. The molecule has 0 bridgehead atoms. The van der Waals surface area contributed by atoms with Gasteiger partial charge in [0.2, 0.25) is 11.8 Å². The smallest absolute Gasteiger partial charge is 0.247 e. The van der Waals surface area contributed by atoms with Gasteiger partial charge in [-0.25, -0.2) is 0 Å². The lowest BCUT2D eigenvalue weighted by Crippen LogP contribution is -2.58. The van der Waals surface area contributed by atoms with Crippen LogP contribution in [0.2, 0.25) is 0 Å². The lowest BCUT2D eigenvalue weighted by Gasteiger charge is -2.41. The highest BCUT2D eigenvalue weighted by molar-refractivity contribution is 7.99. The van der Waals surface area contributed by atoms with Gasteiger partial charge in [-0.2, -0.15) is 11.8 Å². The second-order valence-electron chi connectivity index (χ2n) is 5.60. The van der Waals surface area contributed by atoms with Crippen molar-refractivity contribution in [2.45, 2.75) is 36.6 Å². The summed E-state index contributed by atoms with van der Waals surface area (Å²) in [5.74, 6) is -0.0260. The first-order chi connectivity index (χ1) is 10.2. The predicted molar refractivity (Wildman–Crippen MR) is 84.0 cm³/mol. The molecule has 2 fully saturated rings. The first-order valence-corrected chi connectivity index (χ1v) is 8.68. The van der Waals surface area contributed by atoms with Gasteiger partial charge >= 0.3 is 0 Å². The number of piperazine rings is 1. The topological polar surface area (TPSA) is 49.4 Å². The average Bonchev–Trinajstić information content (AvgIpc) is 2.98. The molecule has 1 saturated carbocycles. The highest BCUT2D eigenvalue weighted by atomic mass is 32.2. The molecule has 0 aromatic heterocycles. The average molecular weight is 304 g/mol. The molecule has 21 heavy (non-hydrogen) atoms. The normalized spacial score (nSPS) is 29.6. The third-order valence-electron chi connectivity index (χ3n) is 4.42. The molecule has 2 aliphatic rings. The van der Waals surface area contributed by atoms with Crippen LogP contribution in [0.25, 0.3) is 0 Å². The molecule has 1 N–H and O–H groups in total. The first-order valence-electron chi connectivity index (χ1n) is 7.39. The van der Waals surface area contributed by atoms with E-state index in [0.717, 1.165) is 24.8 Å². The highest BCUT2D eigenvalue weighted by Gasteiger charge is 2.43. The molecule has 2 amide bonds. The number of amides is 2. The summed E-state index contributed by atoms with van der Waals surface area (Å²) in [6.45, 7) is 0.125. The molecule has 0 spiro atoms. The number of nitrogens with one attached hydrogen (secondary N) is 1. The Morgan fingerprint density at radius 2 is 1.95 bits per heavy atom. The maximum Gasteiger partial charge on any atom is 0.247 e. The fourth-order valence-electron chi connectivity index (χ4n) is 3.44. The van der Waals surface area contributed by atoms with Crippen LogP contribution in [0.4, 0.5) is 0 Å². The van der Waals surface area contributed by atoms with Gasteiger partial charge in [-0.3, -0.25) is 9.59 Å². The van der Waals surface area contributed by atoms with Crippen molar-refractivity contribution in [1.29, 1.82) is 0 Å². The Bertz CT molecular complexity index is 534. The monoisotopic (exact) mass is 304 g/mol. The number of hydrogen-bond donors (Lipinski definition) is 1. The van der Waals surface area contributed by atoms with Crippen LogP contribution in [0.5, 0.6) is 0 Å². The zero-order chi connectivity index (χ0) is 14.8. The molecule has 1 aliphatic carbocycles. The standard InChI is InChI=1S/C16H20N2O2S/c1-21-13-9-5-8-12(13)18-14(19)10-17-16(20)15(18)11-6-3-2-4-7-11/h2-4,6-7,12-13,15H,5,8-10H2,1H3,(H,17,20). The minimum absolute atomic E-state index is 0.0365. The molecule has 4 nitrogen and oxygen atoms in total. The molecule has 112 valence electrons. The summed E-state index contributed by atoms with van der Waals surface area (Å²) in [6.07, 6.45) is 5.34. The van der Waals surface area contributed by atoms with Crippen LogP contribution in [-0.2, 0) is 9.59 Å². The van der Waals surface area contributed by atoms with Crippen molar-refractivity contribution >= 4 is 23.6 Å². The Morgan fingerprint density at radius 1 is 1.19 bits per heavy atom. The van der Waals surface area contributed by atoms with E-state index in [2.05, 4.69) is 11.6 Å². The third-order valence-corrected chi connectivity index (χ3v) is 5.58. The van der Waals surface area contributed by atoms with Crippen LogP contribution in [0.15, 0.2) is 30.3 Å². The zero-order valence-corrected chi connectivity index (χ0v) is 12.9. The summed E-state index contributed by atoms with van der Waals surface area (Å²) in [5.41, 5.74) is 0.898. The van der Waals surface area contributed by atoms with Crippen LogP contribution in [0, 0.1) is 0 Å². The number of hydrogen-bond acceptors (Lipinski definition) is 3. The lowest BCUT2D eigenvalue weighted by molar-refractivity contribution is -0.148. The molecule has 1 aliphatic heterocycles. The van der Waals surface area contributed by atoms with E-state index in [9.17, 15) is 9.59 Å². The molecule has 5 heteroatoms. The molecule has 3 unspecified atom stereocenters. The summed E-state index contributed by atoms with van der Waals surface area (Å²) in [4.78, 5) is 26.7. The van der Waals surface area contributed by atoms with E-state index >= 15 is 0 Å². The van der Waals surface area contributed by atoms with E-state index in [1.807, 2.05) is 47.0 Å². The van der Waals surface area contributed by atoms with E-state index < -0.39 is 6.04 Å². The van der Waals surface area contributed by atoms with Gasteiger partial charge in [0.25, 0.3) is 0 Å². The van der Waals surface area contributed by atoms with Crippen molar-refractivity contribution in [1.82, 2.24) is 10.2 Å². The molecule has 1 aromatic rings. The van der Waals surface area contributed by atoms with E-state index in [1.54, 1.807) is 0 Å². The fourth-order valence-corrected chi connectivity index (χ4v) is 4.43. The largest absolute Gasteiger partial charge is 0.345 e. The van der Waals surface area contributed by atoms with Gasteiger partial charge in [-0.05, 0) is 24.7 Å². The summed E-state index contributed by atoms with van der Waals surface area (Å²) < 4.78 is 0. The van der Waals surface area contributed by atoms with Crippen LogP contribution >= 0.6 is 11.8 Å². The molecular weight excluding hydrogens is 284 g/mol. The van der Waals surface area contributed by atoms with E-state index in [1.165, 1.54) is 0 Å². The van der Waals surface area contributed by atoms with Gasteiger partial charge in [0.15, 0.2) is 0 Å². The molecule has 1 heterocycles. The Labute approximate surface area is 129 Å². The van der Waals surface area contributed by atoms with Crippen LogP contribution < -0.4 is 5.32 Å². The van der Waals surface area contributed by atoms with Gasteiger partial charge in [0, 0.05) is 11.3 Å². The number of nitrogens with zero attached hydrogens (tertiary/aromatic N) is 1. The number of rotatable bonds is 3. The highest BCUT2D eigenvalue weighted by Crippen LogP contribution is 2.37. The summed E-state index contributed by atoms with van der Waals surface area (Å²) >= 11 is 1.81. The Hall–Kier alpha value is -1.49. The molecule has 3 rings (SSSR count). The van der Waals surface area contributed by atoms with Gasteiger partial charge in [-0.15, -0.1) is 0 Å². The summed E-state index contributed by atoms with van der Waals surface area (Å²) in [6, 6.07) is 9.31. The van der Waals surface area contributed by atoms with Gasteiger partial charge < -0.3 is 10.2 Å². The summed E-state index contributed by atoms with van der Waals surface area (Å²) in [5, 5.41) is 3.17. The quantitative estimate of drug-likeness (QED) is 0.929. The maximum absolute atomic E-state index is 12.5. The van der Waals surface area contributed by atoms with Crippen molar-refractivity contribution in [3.8, 4) is 0 Å². The minimum Gasteiger partial charge on any atom is -0.345 e. The number of benzene rings is 1. The second-order valence-corrected chi connectivity index (χ2v) is 6.68. The lowest BCUT2D eigenvalue weighted by atomic mass is 9.99. The van der Waals surface area contributed by atoms with E-state index in [4.69, 9.17) is 0 Å². The Balaban J connectivity index is 1.96. The van der Waals surface area contributed by atoms with E-state index in [-0.39, 0.29) is 24.4 Å². The second kappa shape index (κ2) is 6.10. The van der Waals surface area contributed by atoms with Gasteiger partial charge in [0.05, 0.1) is 6.54 Å². The van der Waals surface area contributed by atoms with Crippen molar-refractivity contribution in [2.24, 2.45) is 0 Å². The minimum atomic E-state index is -0.481. The molecule has 1 saturated heterocycles. The predicted octanol–water partition coefficient (Wildman–Crippen LogP) is 1.97. The SMILES string of the molecule is CSC1CCCC1N1C(=O)CNC(=O)C1c1ccccc1. The van der Waals surface area contributed by atoms with Crippen molar-refractivity contribution in [2.75, 3.05) is 12.8 Å². The van der Waals surface area contributed by atoms with Crippen LogP contribution in [0.1, 0.15) is 30.9 Å². The zero-order valence-electron chi connectivity index (χ0n) is 12.1. The van der Waals surface area contributed by atoms with Crippen LogP contribution in [-0.4, -0.2) is 40.8 Å². The van der Waals surface area contributed by atoms with E-state index in [0.29, 0.717) is 5.25 Å². The molecule has 0 radical (unpaired) electrons. The fraction of sp³-hybridized carbons (Fsp3) is 0.500.